The van der Waals surface area contributed by atoms with Crippen molar-refractivity contribution in [3.63, 3.8) is 0 Å². The first-order chi connectivity index (χ1) is 11.8. The Bertz CT molecular complexity index is 779. The third kappa shape index (κ3) is 3.85. The molecule has 0 spiro atoms. The van der Waals surface area contributed by atoms with E-state index in [9.17, 15) is 5.11 Å². The molecule has 6 nitrogen and oxygen atoms in total. The average molecular weight is 322 g/mol. The van der Waals surface area contributed by atoms with Gasteiger partial charge in [-0.1, -0.05) is 30.3 Å². The monoisotopic (exact) mass is 322 g/mol. The fourth-order valence-electron chi connectivity index (χ4n) is 2.26. The average Bonchev–Trinajstić information content (AvgIpc) is 2.67. The number of methoxy groups -OCH3 is 1. The van der Waals surface area contributed by atoms with E-state index in [0.717, 1.165) is 16.8 Å². The zero-order valence-corrected chi connectivity index (χ0v) is 13.3. The summed E-state index contributed by atoms with van der Waals surface area (Å²) in [5, 5.41) is 13.3. The van der Waals surface area contributed by atoms with Crippen LogP contribution in [0, 0.1) is 0 Å². The van der Waals surface area contributed by atoms with Crippen LogP contribution in [0.15, 0.2) is 61.1 Å². The fourth-order valence-corrected chi connectivity index (χ4v) is 2.26. The van der Waals surface area contributed by atoms with Crippen molar-refractivity contribution in [2.45, 2.75) is 6.10 Å². The number of aliphatic hydroxyl groups excluding tert-OH is 1. The quantitative estimate of drug-likeness (QED) is 0.726. The predicted molar refractivity (Wildman–Crippen MR) is 91.7 cm³/mol. The molecule has 24 heavy (non-hydrogen) atoms. The molecule has 0 radical (unpaired) electrons. The summed E-state index contributed by atoms with van der Waals surface area (Å²) in [6.45, 7) is 0.362. The van der Waals surface area contributed by atoms with Gasteiger partial charge in [-0.25, -0.2) is 15.0 Å². The minimum Gasteiger partial charge on any atom is -0.481 e. The number of hydrogen-bond acceptors (Lipinski definition) is 6. The molecule has 0 aliphatic carbocycles. The molecule has 0 aliphatic rings. The van der Waals surface area contributed by atoms with Gasteiger partial charge in [-0.3, -0.25) is 0 Å². The summed E-state index contributed by atoms with van der Waals surface area (Å²) in [6.07, 6.45) is 2.58. The van der Waals surface area contributed by atoms with Gasteiger partial charge < -0.3 is 15.2 Å². The topological polar surface area (TPSA) is 80.2 Å². The lowest BCUT2D eigenvalue weighted by molar-refractivity contribution is 0.191. The first-order valence-corrected chi connectivity index (χ1v) is 7.55. The van der Waals surface area contributed by atoms with E-state index in [2.05, 4.69) is 20.3 Å². The predicted octanol–water partition coefficient (Wildman–Crippen LogP) is 2.69. The second-order valence-corrected chi connectivity index (χ2v) is 5.19. The van der Waals surface area contributed by atoms with Crippen LogP contribution in [0.25, 0.3) is 11.3 Å². The van der Waals surface area contributed by atoms with Crippen LogP contribution >= 0.6 is 0 Å². The smallest absolute Gasteiger partial charge is 0.212 e. The Kier molecular flexibility index (Phi) is 4.98. The van der Waals surface area contributed by atoms with Gasteiger partial charge in [0.05, 0.1) is 18.9 Å². The van der Waals surface area contributed by atoms with Gasteiger partial charge in [0.15, 0.2) is 0 Å². The second-order valence-electron chi connectivity index (χ2n) is 5.19. The number of nitrogens with zero attached hydrogens (tertiary/aromatic N) is 3. The molecule has 0 saturated heterocycles. The zero-order valence-electron chi connectivity index (χ0n) is 13.3. The molecular formula is C18H18N4O2. The highest BCUT2D eigenvalue weighted by Crippen LogP contribution is 2.20. The van der Waals surface area contributed by atoms with Crippen molar-refractivity contribution in [3.8, 4) is 17.1 Å². The summed E-state index contributed by atoms with van der Waals surface area (Å²) in [5.74, 6) is 1.20. The van der Waals surface area contributed by atoms with E-state index in [4.69, 9.17) is 4.74 Å². The number of aliphatic hydroxyl groups is 1. The molecule has 0 bridgehead atoms. The SMILES string of the molecule is COc1ccc(-c2cc(NCC(O)c3ccccc3)ncn2)cn1. The standard InChI is InChI=1S/C18H18N4O2/c1-24-18-8-7-14(10-20-18)15-9-17(22-12-21-15)19-11-16(23)13-5-3-2-4-6-13/h2-10,12,16,23H,11H2,1H3,(H,19,21,22). The van der Waals surface area contributed by atoms with Crippen LogP contribution in [-0.2, 0) is 0 Å². The summed E-state index contributed by atoms with van der Waals surface area (Å²) in [6, 6.07) is 15.0. The fraction of sp³-hybridized carbons (Fsp3) is 0.167. The molecule has 3 rings (SSSR count). The highest BCUT2D eigenvalue weighted by atomic mass is 16.5. The number of benzene rings is 1. The van der Waals surface area contributed by atoms with Crippen LogP contribution < -0.4 is 10.1 Å². The van der Waals surface area contributed by atoms with Crippen molar-refractivity contribution in [1.29, 1.82) is 0 Å². The van der Waals surface area contributed by atoms with E-state index >= 15 is 0 Å². The maximum atomic E-state index is 10.2. The van der Waals surface area contributed by atoms with Crippen molar-refractivity contribution < 1.29 is 9.84 Å². The number of nitrogens with one attached hydrogen (secondary N) is 1. The van der Waals surface area contributed by atoms with Crippen LogP contribution in [-0.4, -0.2) is 33.7 Å². The number of anilines is 1. The van der Waals surface area contributed by atoms with E-state index in [-0.39, 0.29) is 0 Å². The normalized spacial score (nSPS) is 11.8. The van der Waals surface area contributed by atoms with Crippen LogP contribution in [0.3, 0.4) is 0 Å². The van der Waals surface area contributed by atoms with Gasteiger partial charge in [-0.15, -0.1) is 0 Å². The molecule has 122 valence electrons. The van der Waals surface area contributed by atoms with Gasteiger partial charge in [-0.2, -0.15) is 0 Å². The molecule has 2 heterocycles. The van der Waals surface area contributed by atoms with Crippen molar-refractivity contribution >= 4 is 5.82 Å². The molecule has 1 aromatic carbocycles. The van der Waals surface area contributed by atoms with Crippen LogP contribution in [0.2, 0.25) is 0 Å². The molecule has 0 aliphatic heterocycles. The van der Waals surface area contributed by atoms with Gasteiger partial charge in [0.1, 0.15) is 12.1 Å². The van der Waals surface area contributed by atoms with Gasteiger partial charge in [0.2, 0.25) is 5.88 Å². The van der Waals surface area contributed by atoms with Crippen LogP contribution in [0.4, 0.5) is 5.82 Å². The summed E-state index contributed by atoms with van der Waals surface area (Å²) in [5.41, 5.74) is 2.47. The molecule has 0 fully saturated rings. The Labute approximate surface area is 140 Å². The van der Waals surface area contributed by atoms with E-state index < -0.39 is 6.10 Å². The number of ether oxygens (including phenoxy) is 1. The molecule has 0 saturated carbocycles. The first-order valence-electron chi connectivity index (χ1n) is 7.55. The largest absolute Gasteiger partial charge is 0.481 e. The van der Waals surface area contributed by atoms with Crippen molar-refractivity contribution in [1.82, 2.24) is 15.0 Å². The summed E-state index contributed by atoms with van der Waals surface area (Å²) < 4.78 is 5.05. The lowest BCUT2D eigenvalue weighted by atomic mass is 10.1. The Balaban J connectivity index is 1.68. The molecular weight excluding hydrogens is 304 g/mol. The minimum absolute atomic E-state index is 0.362. The van der Waals surface area contributed by atoms with Gasteiger partial charge >= 0.3 is 0 Å². The molecule has 6 heteroatoms. The Morgan fingerprint density at radius 1 is 1.08 bits per heavy atom. The molecule has 1 unspecified atom stereocenters. The Morgan fingerprint density at radius 3 is 2.62 bits per heavy atom. The maximum absolute atomic E-state index is 10.2. The van der Waals surface area contributed by atoms with E-state index in [1.165, 1.54) is 6.33 Å². The van der Waals surface area contributed by atoms with Crippen LogP contribution in [0.5, 0.6) is 5.88 Å². The van der Waals surface area contributed by atoms with E-state index in [0.29, 0.717) is 18.2 Å². The third-order valence-electron chi connectivity index (χ3n) is 3.57. The Morgan fingerprint density at radius 2 is 1.92 bits per heavy atom. The highest BCUT2D eigenvalue weighted by molar-refractivity contribution is 5.61. The lowest BCUT2D eigenvalue weighted by Gasteiger charge is -2.13. The van der Waals surface area contributed by atoms with Crippen LogP contribution in [0.1, 0.15) is 11.7 Å². The zero-order chi connectivity index (χ0) is 16.8. The van der Waals surface area contributed by atoms with E-state index in [1.807, 2.05) is 42.5 Å². The molecule has 2 N–H and O–H groups in total. The molecule has 3 aromatic rings. The lowest BCUT2D eigenvalue weighted by Crippen LogP contribution is -2.13. The maximum Gasteiger partial charge on any atom is 0.212 e. The van der Waals surface area contributed by atoms with Gasteiger partial charge in [-0.05, 0) is 11.6 Å². The number of hydrogen-bond donors (Lipinski definition) is 2. The van der Waals surface area contributed by atoms with Gasteiger partial charge in [0, 0.05) is 30.4 Å². The van der Waals surface area contributed by atoms with Gasteiger partial charge in [0.25, 0.3) is 0 Å². The first kappa shape index (κ1) is 15.9. The summed E-state index contributed by atoms with van der Waals surface area (Å²) >= 11 is 0. The van der Waals surface area contributed by atoms with Crippen molar-refractivity contribution in [3.05, 3.63) is 66.6 Å². The highest BCUT2D eigenvalue weighted by Gasteiger charge is 2.08. The molecule has 2 aromatic heterocycles. The number of pyridine rings is 1. The summed E-state index contributed by atoms with van der Waals surface area (Å²) in [7, 11) is 1.58. The minimum atomic E-state index is -0.604. The number of rotatable bonds is 6. The third-order valence-corrected chi connectivity index (χ3v) is 3.57. The summed E-state index contributed by atoms with van der Waals surface area (Å²) in [4.78, 5) is 12.6. The van der Waals surface area contributed by atoms with Crippen molar-refractivity contribution in [2.24, 2.45) is 0 Å². The number of aromatic nitrogens is 3. The van der Waals surface area contributed by atoms with E-state index in [1.54, 1.807) is 19.4 Å². The second kappa shape index (κ2) is 7.52. The Hall–Kier alpha value is -2.99. The van der Waals surface area contributed by atoms with Crippen molar-refractivity contribution in [2.75, 3.05) is 19.0 Å². The molecule has 1 atom stereocenters. The molecule has 0 amide bonds.